The smallest absolute Gasteiger partial charge is 0.0575 e. The maximum atomic E-state index is 5.96. The van der Waals surface area contributed by atoms with Crippen molar-refractivity contribution in [2.75, 3.05) is 19.7 Å². The Labute approximate surface area is 125 Å². The zero-order chi connectivity index (χ0) is 14.0. The molecule has 2 N–H and O–H groups in total. The maximum absolute atomic E-state index is 5.96. The zero-order valence-corrected chi connectivity index (χ0v) is 13.3. The molecule has 1 saturated carbocycles. The van der Waals surface area contributed by atoms with Crippen LogP contribution < -0.4 is 10.6 Å². The summed E-state index contributed by atoms with van der Waals surface area (Å²) in [5.41, 5.74) is 0. The number of hydrogen-bond acceptors (Lipinski definition) is 3. The van der Waals surface area contributed by atoms with Gasteiger partial charge in [-0.15, -0.1) is 0 Å². The van der Waals surface area contributed by atoms with Crippen molar-refractivity contribution < 1.29 is 4.74 Å². The van der Waals surface area contributed by atoms with E-state index in [1.54, 1.807) is 0 Å². The standard InChI is InChI=1S/C17H34N2O/c1-15(14-16-8-5-6-11-19-16)18-12-7-13-20-17-9-3-2-4-10-17/h15-19H,2-14H2,1H3. The van der Waals surface area contributed by atoms with E-state index in [9.17, 15) is 0 Å². The molecule has 2 rings (SSSR count). The van der Waals surface area contributed by atoms with Gasteiger partial charge in [0.2, 0.25) is 0 Å². The third-order valence-corrected chi connectivity index (χ3v) is 4.77. The summed E-state index contributed by atoms with van der Waals surface area (Å²) in [5, 5.41) is 7.28. The van der Waals surface area contributed by atoms with Crippen molar-refractivity contribution in [3.05, 3.63) is 0 Å². The van der Waals surface area contributed by atoms with Gasteiger partial charge in [0.25, 0.3) is 0 Å². The molecule has 1 aliphatic carbocycles. The van der Waals surface area contributed by atoms with Crippen molar-refractivity contribution in [3.8, 4) is 0 Å². The number of ether oxygens (including phenoxy) is 1. The first-order valence-electron chi connectivity index (χ1n) is 8.93. The van der Waals surface area contributed by atoms with Gasteiger partial charge in [-0.2, -0.15) is 0 Å². The molecule has 0 aromatic rings. The van der Waals surface area contributed by atoms with E-state index in [1.807, 2.05) is 0 Å². The second-order valence-corrected chi connectivity index (χ2v) is 6.72. The van der Waals surface area contributed by atoms with Gasteiger partial charge in [-0.05, 0) is 58.5 Å². The Bertz CT molecular complexity index is 235. The first-order valence-corrected chi connectivity index (χ1v) is 8.93. The molecule has 2 atom stereocenters. The lowest BCUT2D eigenvalue weighted by Gasteiger charge is -2.26. The molecule has 0 spiro atoms. The lowest BCUT2D eigenvalue weighted by atomic mass is 9.98. The summed E-state index contributed by atoms with van der Waals surface area (Å²) in [6, 6.07) is 1.37. The highest BCUT2D eigenvalue weighted by Crippen LogP contribution is 2.20. The van der Waals surface area contributed by atoms with Crippen LogP contribution in [0.4, 0.5) is 0 Å². The summed E-state index contributed by atoms with van der Waals surface area (Å²) < 4.78 is 5.96. The van der Waals surface area contributed by atoms with Gasteiger partial charge in [-0.1, -0.05) is 25.7 Å². The first kappa shape index (κ1) is 16.3. The molecule has 118 valence electrons. The molecule has 1 saturated heterocycles. The van der Waals surface area contributed by atoms with E-state index < -0.39 is 0 Å². The van der Waals surface area contributed by atoms with Gasteiger partial charge in [-0.3, -0.25) is 0 Å². The van der Waals surface area contributed by atoms with Crippen LogP contribution in [0.5, 0.6) is 0 Å². The Kier molecular flexibility index (Phi) is 7.92. The average Bonchev–Trinajstić information content (AvgIpc) is 2.49. The normalized spacial score (nSPS) is 26.6. The van der Waals surface area contributed by atoms with Crippen molar-refractivity contribution >= 4 is 0 Å². The summed E-state index contributed by atoms with van der Waals surface area (Å²) in [7, 11) is 0. The number of rotatable bonds is 8. The fourth-order valence-electron chi connectivity index (χ4n) is 3.54. The maximum Gasteiger partial charge on any atom is 0.0575 e. The molecule has 2 unspecified atom stereocenters. The quantitative estimate of drug-likeness (QED) is 0.671. The molecule has 0 aromatic heterocycles. The topological polar surface area (TPSA) is 33.3 Å². The Morgan fingerprint density at radius 3 is 2.65 bits per heavy atom. The summed E-state index contributed by atoms with van der Waals surface area (Å²) in [6.07, 6.45) is 13.8. The highest BCUT2D eigenvalue weighted by atomic mass is 16.5. The number of hydrogen-bond donors (Lipinski definition) is 2. The van der Waals surface area contributed by atoms with Gasteiger partial charge in [0.1, 0.15) is 0 Å². The van der Waals surface area contributed by atoms with Crippen LogP contribution in [0.25, 0.3) is 0 Å². The predicted molar refractivity (Wildman–Crippen MR) is 85.2 cm³/mol. The first-order chi connectivity index (χ1) is 9.84. The van der Waals surface area contributed by atoms with Crippen molar-refractivity contribution in [3.63, 3.8) is 0 Å². The molecular weight excluding hydrogens is 248 g/mol. The fourth-order valence-corrected chi connectivity index (χ4v) is 3.54. The van der Waals surface area contributed by atoms with Gasteiger partial charge < -0.3 is 15.4 Å². The van der Waals surface area contributed by atoms with E-state index in [-0.39, 0.29) is 0 Å². The average molecular weight is 282 g/mol. The molecule has 3 nitrogen and oxygen atoms in total. The van der Waals surface area contributed by atoms with Crippen LogP contribution in [0.3, 0.4) is 0 Å². The minimum absolute atomic E-state index is 0.563. The molecule has 0 aromatic carbocycles. The second kappa shape index (κ2) is 9.75. The van der Waals surface area contributed by atoms with E-state index in [4.69, 9.17) is 4.74 Å². The minimum atomic E-state index is 0.563. The van der Waals surface area contributed by atoms with Gasteiger partial charge in [-0.25, -0.2) is 0 Å². The van der Waals surface area contributed by atoms with Crippen molar-refractivity contribution in [2.24, 2.45) is 0 Å². The minimum Gasteiger partial charge on any atom is -0.378 e. The van der Waals surface area contributed by atoms with Crippen molar-refractivity contribution in [2.45, 2.75) is 89.3 Å². The van der Waals surface area contributed by atoms with E-state index in [0.29, 0.717) is 12.1 Å². The van der Waals surface area contributed by atoms with Crippen LogP contribution in [0.2, 0.25) is 0 Å². The lowest BCUT2D eigenvalue weighted by molar-refractivity contribution is 0.0271. The monoisotopic (exact) mass is 282 g/mol. The Morgan fingerprint density at radius 1 is 1.10 bits per heavy atom. The third-order valence-electron chi connectivity index (χ3n) is 4.77. The largest absolute Gasteiger partial charge is 0.378 e. The summed E-state index contributed by atoms with van der Waals surface area (Å²) in [6.45, 7) is 5.57. The lowest BCUT2D eigenvalue weighted by Crippen LogP contribution is -2.40. The number of nitrogens with one attached hydrogen (secondary N) is 2. The molecular formula is C17H34N2O. The van der Waals surface area contributed by atoms with Crippen LogP contribution in [0.1, 0.15) is 71.1 Å². The summed E-state index contributed by atoms with van der Waals surface area (Å²) in [5.74, 6) is 0. The van der Waals surface area contributed by atoms with Crippen molar-refractivity contribution in [1.82, 2.24) is 10.6 Å². The third kappa shape index (κ3) is 6.55. The van der Waals surface area contributed by atoms with Crippen LogP contribution in [-0.2, 0) is 4.74 Å². The van der Waals surface area contributed by atoms with Crippen LogP contribution >= 0.6 is 0 Å². The van der Waals surface area contributed by atoms with Crippen molar-refractivity contribution in [1.29, 1.82) is 0 Å². The second-order valence-electron chi connectivity index (χ2n) is 6.72. The fraction of sp³-hybridized carbons (Fsp3) is 1.00. The van der Waals surface area contributed by atoms with Gasteiger partial charge in [0.05, 0.1) is 6.10 Å². The molecule has 0 bridgehead atoms. The molecule has 0 amide bonds. The molecule has 1 aliphatic heterocycles. The Hall–Kier alpha value is -0.120. The highest BCUT2D eigenvalue weighted by molar-refractivity contribution is 4.76. The molecule has 2 aliphatic rings. The number of piperidine rings is 1. The zero-order valence-electron chi connectivity index (χ0n) is 13.3. The summed E-state index contributed by atoms with van der Waals surface area (Å²) in [4.78, 5) is 0. The Morgan fingerprint density at radius 2 is 1.90 bits per heavy atom. The molecule has 3 heteroatoms. The Balaban J connectivity index is 1.43. The van der Waals surface area contributed by atoms with Gasteiger partial charge >= 0.3 is 0 Å². The summed E-state index contributed by atoms with van der Waals surface area (Å²) >= 11 is 0. The van der Waals surface area contributed by atoms with E-state index in [0.717, 1.165) is 25.6 Å². The van der Waals surface area contributed by atoms with Crippen LogP contribution in [0, 0.1) is 0 Å². The molecule has 0 radical (unpaired) electrons. The molecule has 20 heavy (non-hydrogen) atoms. The molecule has 1 heterocycles. The van der Waals surface area contributed by atoms with Crippen LogP contribution in [-0.4, -0.2) is 37.9 Å². The van der Waals surface area contributed by atoms with Gasteiger partial charge in [0, 0.05) is 18.7 Å². The predicted octanol–water partition coefficient (Wildman–Crippen LogP) is 3.24. The van der Waals surface area contributed by atoms with E-state index in [2.05, 4.69) is 17.6 Å². The van der Waals surface area contributed by atoms with E-state index >= 15 is 0 Å². The van der Waals surface area contributed by atoms with Gasteiger partial charge in [0.15, 0.2) is 0 Å². The molecule has 2 fully saturated rings. The SMILES string of the molecule is CC(CC1CCCCN1)NCCCOC1CCCCC1. The highest BCUT2D eigenvalue weighted by Gasteiger charge is 2.15. The van der Waals surface area contributed by atoms with E-state index in [1.165, 1.54) is 64.3 Å². The van der Waals surface area contributed by atoms with Crippen LogP contribution in [0.15, 0.2) is 0 Å².